The van der Waals surface area contributed by atoms with E-state index in [0.717, 1.165) is 0 Å². The molecule has 1 radical (unpaired) electrons. The molecule has 4 heteroatoms. The number of rotatable bonds is 1. The zero-order valence-corrected chi connectivity index (χ0v) is 5.35. The van der Waals surface area contributed by atoms with Crippen molar-refractivity contribution in [1.29, 1.82) is 0 Å². The number of hydrogen-bond acceptors (Lipinski definition) is 2. The number of hydrogen-bond donors (Lipinski definition) is 2. The van der Waals surface area contributed by atoms with E-state index < -0.39 is 12.1 Å². The third kappa shape index (κ3) is 6.05. The maximum atomic E-state index is 9.45. The van der Waals surface area contributed by atoms with Crippen LogP contribution in [0.25, 0.3) is 0 Å². The Bertz CT molecular complexity index is 61.2. The van der Waals surface area contributed by atoms with E-state index in [4.69, 9.17) is 10.2 Å². The van der Waals surface area contributed by atoms with Gasteiger partial charge in [-0.05, 0) is 6.92 Å². The van der Waals surface area contributed by atoms with Crippen molar-refractivity contribution >= 4 is 5.97 Å². The van der Waals surface area contributed by atoms with Gasteiger partial charge in [0.15, 0.2) is 0 Å². The predicted octanol–water partition coefficient (Wildman–Crippen LogP) is -0.551. The van der Waals surface area contributed by atoms with Crippen molar-refractivity contribution < 1.29 is 34.5 Å². The van der Waals surface area contributed by atoms with Gasteiger partial charge in [-0.15, -0.1) is 0 Å². The molecule has 0 aromatic rings. The SMILES string of the molecule is CC(O)C(=O)O.[Rh]. The molecule has 2 N–H and O–H groups in total. The molecule has 1 atom stereocenters. The monoisotopic (exact) mass is 193 g/mol. The summed E-state index contributed by atoms with van der Waals surface area (Å²) >= 11 is 0. The number of carbonyl (C=O) groups is 1. The van der Waals surface area contributed by atoms with Crippen molar-refractivity contribution in [1.82, 2.24) is 0 Å². The van der Waals surface area contributed by atoms with Crippen molar-refractivity contribution in [3.8, 4) is 0 Å². The number of carboxylic acid groups (broad SMARTS) is 1. The van der Waals surface area contributed by atoms with Gasteiger partial charge in [0, 0.05) is 19.5 Å². The summed E-state index contributed by atoms with van der Waals surface area (Å²) in [6.07, 6.45) is -1.23. The van der Waals surface area contributed by atoms with Gasteiger partial charge < -0.3 is 10.2 Å². The van der Waals surface area contributed by atoms with Gasteiger partial charge in [0.05, 0.1) is 0 Å². The van der Waals surface area contributed by atoms with Crippen LogP contribution in [0.5, 0.6) is 0 Å². The molecule has 0 fully saturated rings. The van der Waals surface area contributed by atoms with Crippen molar-refractivity contribution in [2.45, 2.75) is 13.0 Å². The first-order chi connectivity index (χ1) is 2.64. The second-order valence-electron chi connectivity index (χ2n) is 1.01. The van der Waals surface area contributed by atoms with Crippen LogP contribution >= 0.6 is 0 Å². The van der Waals surface area contributed by atoms with E-state index >= 15 is 0 Å². The molecule has 0 aliphatic rings. The van der Waals surface area contributed by atoms with Gasteiger partial charge >= 0.3 is 5.97 Å². The van der Waals surface area contributed by atoms with Crippen LogP contribution < -0.4 is 0 Å². The quantitative estimate of drug-likeness (QED) is 0.549. The molecule has 0 heterocycles. The maximum absolute atomic E-state index is 9.45. The van der Waals surface area contributed by atoms with Crippen molar-refractivity contribution in [3.05, 3.63) is 0 Å². The Labute approximate surface area is 54.1 Å². The van der Waals surface area contributed by atoms with Crippen LogP contribution in [-0.4, -0.2) is 22.3 Å². The second kappa shape index (κ2) is 4.22. The Morgan fingerprint density at radius 2 is 1.86 bits per heavy atom. The molecule has 45 valence electrons. The third-order valence-corrected chi connectivity index (χ3v) is 0.357. The van der Waals surface area contributed by atoms with Crippen LogP contribution in [0, 0.1) is 0 Å². The number of aliphatic carboxylic acids is 1. The van der Waals surface area contributed by atoms with E-state index in [1.54, 1.807) is 0 Å². The average Bonchev–Trinajstić information content (AvgIpc) is 1.36. The minimum absolute atomic E-state index is 0. The molecule has 1 unspecified atom stereocenters. The summed E-state index contributed by atoms with van der Waals surface area (Å²) in [7, 11) is 0. The first-order valence-corrected chi connectivity index (χ1v) is 1.55. The standard InChI is InChI=1S/C3H6O3.Rh/c1-2(4)3(5)6;/h2,4H,1H3,(H,5,6);. The van der Waals surface area contributed by atoms with Crippen LogP contribution in [-0.2, 0) is 24.3 Å². The van der Waals surface area contributed by atoms with Crippen LogP contribution in [0.1, 0.15) is 6.92 Å². The summed E-state index contributed by atoms with van der Waals surface area (Å²) in [5.74, 6) is -1.19. The van der Waals surface area contributed by atoms with Crippen molar-refractivity contribution in [3.63, 3.8) is 0 Å². The molecule has 0 saturated heterocycles. The van der Waals surface area contributed by atoms with Gasteiger partial charge in [-0.3, -0.25) is 0 Å². The number of aliphatic hydroxyl groups excluding tert-OH is 1. The van der Waals surface area contributed by atoms with Gasteiger partial charge in [-0.2, -0.15) is 0 Å². The van der Waals surface area contributed by atoms with Crippen molar-refractivity contribution in [2.24, 2.45) is 0 Å². The van der Waals surface area contributed by atoms with E-state index in [9.17, 15) is 4.79 Å². The molecule has 7 heavy (non-hydrogen) atoms. The predicted molar refractivity (Wildman–Crippen MR) is 19.3 cm³/mol. The van der Waals surface area contributed by atoms with Crippen LogP contribution in [0.15, 0.2) is 0 Å². The molecule has 0 amide bonds. The molecule has 0 saturated carbocycles. The smallest absolute Gasteiger partial charge is 0.332 e. The Balaban J connectivity index is 0. The Kier molecular flexibility index (Phi) is 6.10. The molecule has 3 nitrogen and oxygen atoms in total. The fourth-order valence-corrected chi connectivity index (χ4v) is 0. The van der Waals surface area contributed by atoms with Crippen LogP contribution in [0.2, 0.25) is 0 Å². The van der Waals surface area contributed by atoms with E-state index in [1.165, 1.54) is 6.92 Å². The molecule has 0 aliphatic heterocycles. The summed E-state index contributed by atoms with van der Waals surface area (Å²) in [5.41, 5.74) is 0. The van der Waals surface area contributed by atoms with E-state index in [1.807, 2.05) is 0 Å². The molecule has 0 aromatic heterocycles. The number of aliphatic hydroxyl groups is 1. The summed E-state index contributed by atoms with van der Waals surface area (Å²) in [4.78, 5) is 9.45. The third-order valence-electron chi connectivity index (χ3n) is 0.357. The van der Waals surface area contributed by atoms with Gasteiger partial charge in [0.2, 0.25) is 0 Å². The zero-order valence-electron chi connectivity index (χ0n) is 3.71. The van der Waals surface area contributed by atoms with Gasteiger partial charge in [0.25, 0.3) is 0 Å². The average molecular weight is 193 g/mol. The summed E-state index contributed by atoms with van der Waals surface area (Å²) in [6, 6.07) is 0. The summed E-state index contributed by atoms with van der Waals surface area (Å²) in [6.45, 7) is 1.20. The molecule has 0 bridgehead atoms. The van der Waals surface area contributed by atoms with Gasteiger partial charge in [-0.1, -0.05) is 0 Å². The summed E-state index contributed by atoms with van der Waals surface area (Å²) in [5, 5.41) is 15.8. The van der Waals surface area contributed by atoms with E-state index in [2.05, 4.69) is 0 Å². The van der Waals surface area contributed by atoms with Crippen molar-refractivity contribution in [2.75, 3.05) is 0 Å². The molecule has 0 spiro atoms. The van der Waals surface area contributed by atoms with E-state index in [0.29, 0.717) is 0 Å². The Hall–Kier alpha value is 0.0534. The Morgan fingerprint density at radius 1 is 1.71 bits per heavy atom. The first kappa shape index (κ1) is 10.1. The largest absolute Gasteiger partial charge is 0.479 e. The maximum Gasteiger partial charge on any atom is 0.332 e. The second-order valence-corrected chi connectivity index (χ2v) is 1.01. The summed E-state index contributed by atoms with van der Waals surface area (Å²) < 4.78 is 0. The normalized spacial score (nSPS) is 11.7. The Morgan fingerprint density at radius 3 is 1.86 bits per heavy atom. The van der Waals surface area contributed by atoms with E-state index in [-0.39, 0.29) is 19.5 Å². The van der Waals surface area contributed by atoms with Gasteiger partial charge in [0.1, 0.15) is 6.10 Å². The molecule has 0 aromatic carbocycles. The molecule has 0 aliphatic carbocycles. The first-order valence-electron chi connectivity index (χ1n) is 1.55. The fourth-order valence-electron chi connectivity index (χ4n) is 0. The molecule has 0 rings (SSSR count). The topological polar surface area (TPSA) is 57.5 Å². The fraction of sp³-hybridized carbons (Fsp3) is 0.667. The van der Waals surface area contributed by atoms with Crippen LogP contribution in [0.4, 0.5) is 0 Å². The minimum Gasteiger partial charge on any atom is -0.479 e. The van der Waals surface area contributed by atoms with Crippen LogP contribution in [0.3, 0.4) is 0 Å². The molecular formula is C3H6O3Rh. The zero-order chi connectivity index (χ0) is 5.15. The minimum atomic E-state index is -1.23. The van der Waals surface area contributed by atoms with Gasteiger partial charge in [-0.25, -0.2) is 4.79 Å². The number of carboxylic acids is 1. The molecular weight excluding hydrogens is 187 g/mol.